The summed E-state index contributed by atoms with van der Waals surface area (Å²) in [5.41, 5.74) is 0. The molecule has 0 saturated carbocycles. The molecule has 10 heavy (non-hydrogen) atoms. The molecule has 0 fully saturated rings. The fourth-order valence-corrected chi connectivity index (χ4v) is 0.749. The van der Waals surface area contributed by atoms with Crippen molar-refractivity contribution in [2.45, 2.75) is 12.8 Å². The zero-order valence-corrected chi connectivity index (χ0v) is 5.96. The van der Waals surface area contributed by atoms with Gasteiger partial charge in [-0.05, 0) is 18.9 Å². The van der Waals surface area contributed by atoms with Crippen molar-refractivity contribution < 1.29 is 0 Å². The SMILES string of the molecule is [C]1=C\C=C\C=C/CC/C=C/1. The minimum atomic E-state index is 1.12. The Morgan fingerprint density at radius 2 is 1.80 bits per heavy atom. The molecule has 51 valence electrons. The van der Waals surface area contributed by atoms with Crippen LogP contribution in [0.5, 0.6) is 0 Å². The molecule has 1 radical (unpaired) electrons. The van der Waals surface area contributed by atoms with Crippen molar-refractivity contribution in [3.8, 4) is 0 Å². The maximum absolute atomic E-state index is 3.03. The molecule has 1 rings (SSSR count). The molecule has 0 bridgehead atoms. The molecule has 0 aromatic rings. The molecule has 0 aromatic heterocycles. The molecule has 0 saturated heterocycles. The van der Waals surface area contributed by atoms with Gasteiger partial charge in [-0.2, -0.15) is 0 Å². The molecule has 1 aliphatic carbocycles. The second-order valence-corrected chi connectivity index (χ2v) is 2.13. The van der Waals surface area contributed by atoms with E-state index in [1.807, 2.05) is 24.3 Å². The van der Waals surface area contributed by atoms with Crippen molar-refractivity contribution in [2.75, 3.05) is 0 Å². The van der Waals surface area contributed by atoms with Crippen LogP contribution in [-0.4, -0.2) is 0 Å². The Bertz CT molecular complexity index is 158. The van der Waals surface area contributed by atoms with Crippen LogP contribution < -0.4 is 0 Å². The van der Waals surface area contributed by atoms with Crippen LogP contribution in [0.25, 0.3) is 0 Å². The van der Waals surface area contributed by atoms with Crippen molar-refractivity contribution in [3.63, 3.8) is 0 Å². The van der Waals surface area contributed by atoms with Gasteiger partial charge in [0.2, 0.25) is 0 Å². The summed E-state index contributed by atoms with van der Waals surface area (Å²) >= 11 is 0. The molecule has 0 amide bonds. The summed E-state index contributed by atoms with van der Waals surface area (Å²) < 4.78 is 0. The van der Waals surface area contributed by atoms with Crippen LogP contribution >= 0.6 is 0 Å². The zero-order valence-electron chi connectivity index (χ0n) is 5.96. The van der Waals surface area contributed by atoms with Crippen molar-refractivity contribution in [1.29, 1.82) is 0 Å². The Labute approximate surface area is 62.3 Å². The van der Waals surface area contributed by atoms with Gasteiger partial charge in [-0.15, -0.1) is 0 Å². The summed E-state index contributed by atoms with van der Waals surface area (Å²) in [4.78, 5) is 0. The molecule has 0 atom stereocenters. The fourth-order valence-electron chi connectivity index (χ4n) is 0.749. The first-order valence-electron chi connectivity index (χ1n) is 3.56. The van der Waals surface area contributed by atoms with Crippen LogP contribution in [0.15, 0.2) is 42.5 Å². The van der Waals surface area contributed by atoms with E-state index < -0.39 is 0 Å². The van der Waals surface area contributed by atoms with E-state index in [-0.39, 0.29) is 0 Å². The Hall–Kier alpha value is -1.04. The molecular weight excluding hydrogens is 120 g/mol. The number of hydrogen-bond acceptors (Lipinski definition) is 0. The average Bonchev–Trinajstić information content (AvgIpc) is 2.01. The highest BCUT2D eigenvalue weighted by Gasteiger charge is 1.75. The van der Waals surface area contributed by atoms with Gasteiger partial charge in [0, 0.05) is 0 Å². The quantitative estimate of drug-likeness (QED) is 0.474. The lowest BCUT2D eigenvalue weighted by atomic mass is 10.2. The van der Waals surface area contributed by atoms with Crippen molar-refractivity contribution in [1.82, 2.24) is 0 Å². The number of hydrogen-bond donors (Lipinski definition) is 0. The van der Waals surface area contributed by atoms with E-state index in [1.165, 1.54) is 0 Å². The fraction of sp³-hybridized carbons (Fsp3) is 0.200. The summed E-state index contributed by atoms with van der Waals surface area (Å²) in [5.74, 6) is 0. The van der Waals surface area contributed by atoms with E-state index in [0.717, 1.165) is 12.8 Å². The highest BCUT2D eigenvalue weighted by Crippen LogP contribution is 1.95. The summed E-state index contributed by atoms with van der Waals surface area (Å²) in [5, 5.41) is 0. The van der Waals surface area contributed by atoms with Gasteiger partial charge >= 0.3 is 0 Å². The van der Waals surface area contributed by atoms with Gasteiger partial charge in [-0.3, -0.25) is 0 Å². The molecule has 0 N–H and O–H groups in total. The van der Waals surface area contributed by atoms with Gasteiger partial charge in [0.25, 0.3) is 0 Å². The zero-order chi connectivity index (χ0) is 7.07. The summed E-state index contributed by atoms with van der Waals surface area (Å²) in [6.07, 6.45) is 19.5. The van der Waals surface area contributed by atoms with Gasteiger partial charge in [-0.1, -0.05) is 42.5 Å². The van der Waals surface area contributed by atoms with Gasteiger partial charge < -0.3 is 0 Å². The smallest absolute Gasteiger partial charge is 0.0187 e. The van der Waals surface area contributed by atoms with Crippen LogP contribution in [0.1, 0.15) is 12.8 Å². The molecule has 0 aliphatic heterocycles. The first-order valence-corrected chi connectivity index (χ1v) is 3.56. The standard InChI is InChI=1S/C10H11/c1-2-4-6-8-10-9-7-5-3-1/h1-5,9-10H,6,8H2/b3-1+,4-2-,7-5?,10-9+. The van der Waals surface area contributed by atoms with Crippen LogP contribution in [0, 0.1) is 6.08 Å². The summed E-state index contributed by atoms with van der Waals surface area (Å²) in [7, 11) is 0. The van der Waals surface area contributed by atoms with E-state index in [0.29, 0.717) is 0 Å². The van der Waals surface area contributed by atoms with Gasteiger partial charge in [-0.25, -0.2) is 0 Å². The minimum Gasteiger partial charge on any atom is -0.0842 e. The molecule has 0 heteroatoms. The number of allylic oxidation sites excluding steroid dienone is 8. The maximum Gasteiger partial charge on any atom is -0.0187 e. The highest BCUT2D eigenvalue weighted by molar-refractivity contribution is 5.13. The molecular formula is C10H11. The normalized spacial score (nSPS) is 30.4. The second kappa shape index (κ2) is 4.80. The lowest BCUT2D eigenvalue weighted by Crippen LogP contribution is -1.65. The Morgan fingerprint density at radius 1 is 0.900 bits per heavy atom. The van der Waals surface area contributed by atoms with E-state index in [4.69, 9.17) is 0 Å². The molecule has 0 unspecified atom stereocenters. The molecule has 0 aromatic carbocycles. The Balaban J connectivity index is 2.53. The van der Waals surface area contributed by atoms with Crippen LogP contribution in [0.2, 0.25) is 0 Å². The first-order chi connectivity index (χ1) is 5.00. The first kappa shape index (κ1) is 7.07. The van der Waals surface area contributed by atoms with Gasteiger partial charge in [0.15, 0.2) is 0 Å². The highest BCUT2D eigenvalue weighted by atomic mass is 13.8. The van der Waals surface area contributed by atoms with E-state index in [9.17, 15) is 0 Å². The van der Waals surface area contributed by atoms with Crippen molar-refractivity contribution in [3.05, 3.63) is 48.6 Å². The largest absolute Gasteiger partial charge is 0.0842 e. The Morgan fingerprint density at radius 3 is 2.80 bits per heavy atom. The molecule has 0 heterocycles. The van der Waals surface area contributed by atoms with Crippen molar-refractivity contribution in [2.24, 2.45) is 0 Å². The Kier molecular flexibility index (Phi) is 3.40. The monoisotopic (exact) mass is 131 g/mol. The van der Waals surface area contributed by atoms with Gasteiger partial charge in [0.1, 0.15) is 0 Å². The van der Waals surface area contributed by atoms with E-state index in [1.54, 1.807) is 0 Å². The maximum atomic E-state index is 3.03. The minimum absolute atomic E-state index is 1.12. The third kappa shape index (κ3) is 3.08. The third-order valence-electron chi connectivity index (χ3n) is 1.26. The van der Waals surface area contributed by atoms with Gasteiger partial charge in [0.05, 0.1) is 0 Å². The average molecular weight is 131 g/mol. The molecule has 0 nitrogen and oxygen atoms in total. The van der Waals surface area contributed by atoms with E-state index >= 15 is 0 Å². The van der Waals surface area contributed by atoms with Crippen LogP contribution in [0.3, 0.4) is 0 Å². The lowest BCUT2D eigenvalue weighted by Gasteiger charge is -1.85. The van der Waals surface area contributed by atoms with E-state index in [2.05, 4.69) is 24.3 Å². The predicted octanol–water partition coefficient (Wildman–Crippen LogP) is 2.81. The lowest BCUT2D eigenvalue weighted by molar-refractivity contribution is 1.05. The van der Waals surface area contributed by atoms with Crippen LogP contribution in [0.4, 0.5) is 0 Å². The third-order valence-corrected chi connectivity index (χ3v) is 1.26. The molecule has 0 spiro atoms. The van der Waals surface area contributed by atoms with Crippen molar-refractivity contribution >= 4 is 0 Å². The molecule has 1 aliphatic rings. The predicted molar refractivity (Wildman–Crippen MR) is 44.5 cm³/mol. The topological polar surface area (TPSA) is 0 Å². The summed E-state index contributed by atoms with van der Waals surface area (Å²) in [6, 6.07) is 0. The van der Waals surface area contributed by atoms with Crippen LogP contribution in [-0.2, 0) is 0 Å². The second-order valence-electron chi connectivity index (χ2n) is 2.13. The summed E-state index contributed by atoms with van der Waals surface area (Å²) in [6.45, 7) is 0. The number of rotatable bonds is 0.